The molecule has 0 spiro atoms. The van der Waals surface area contributed by atoms with Gasteiger partial charge < -0.3 is 16.3 Å². The van der Waals surface area contributed by atoms with Crippen molar-refractivity contribution in [2.75, 3.05) is 5.32 Å². The highest BCUT2D eigenvalue weighted by Gasteiger charge is 2.35. The van der Waals surface area contributed by atoms with Crippen LogP contribution in [0.2, 0.25) is 0 Å². The smallest absolute Gasteiger partial charge is 0.409 e. The first kappa shape index (κ1) is 16.8. The summed E-state index contributed by atoms with van der Waals surface area (Å²) in [5, 5.41) is 13.7. The Morgan fingerprint density at radius 2 is 1.90 bits per heavy atom. The quantitative estimate of drug-likeness (QED) is 0.347. The van der Waals surface area contributed by atoms with E-state index in [0.717, 1.165) is 6.07 Å². The van der Waals surface area contributed by atoms with Gasteiger partial charge in [-0.1, -0.05) is 11.2 Å². The minimum Gasteiger partial charge on any atom is -0.409 e. The number of carbonyl (C=O) groups is 1. The highest BCUT2D eigenvalue weighted by Crippen LogP contribution is 2.33. The van der Waals surface area contributed by atoms with Crippen molar-refractivity contribution in [3.8, 4) is 0 Å². The SMILES string of the molecule is Cc1ccc(NC(=O)C(C)(C)C(N)=NO)cc1C(F)(F)F. The van der Waals surface area contributed by atoms with Gasteiger partial charge in [-0.05, 0) is 38.5 Å². The third kappa shape index (κ3) is 3.65. The Morgan fingerprint density at radius 3 is 2.38 bits per heavy atom. The molecule has 1 aromatic carbocycles. The lowest BCUT2D eigenvalue weighted by molar-refractivity contribution is -0.138. The van der Waals surface area contributed by atoms with Gasteiger partial charge >= 0.3 is 6.18 Å². The van der Waals surface area contributed by atoms with E-state index in [9.17, 15) is 18.0 Å². The molecule has 4 N–H and O–H groups in total. The van der Waals surface area contributed by atoms with Gasteiger partial charge in [-0.2, -0.15) is 13.2 Å². The van der Waals surface area contributed by atoms with Gasteiger partial charge in [0.1, 0.15) is 5.41 Å². The number of aryl methyl sites for hydroxylation is 1. The molecule has 21 heavy (non-hydrogen) atoms. The Kier molecular flexibility index (Phi) is 4.50. The Balaban J connectivity index is 3.08. The first-order valence-corrected chi connectivity index (χ1v) is 5.97. The molecule has 1 aromatic rings. The number of alkyl halides is 3. The number of rotatable bonds is 3. The first-order chi connectivity index (χ1) is 9.50. The largest absolute Gasteiger partial charge is 0.416 e. The van der Waals surface area contributed by atoms with Crippen molar-refractivity contribution in [2.45, 2.75) is 26.9 Å². The standard InChI is InChI=1S/C13H16F3N3O2/c1-7-4-5-8(6-9(7)13(14,15)16)18-11(20)12(2,3)10(17)19-21/h4-6,21H,1-3H3,(H2,17,19)(H,18,20). The van der Waals surface area contributed by atoms with Crippen molar-refractivity contribution >= 4 is 17.4 Å². The van der Waals surface area contributed by atoms with Crippen LogP contribution in [-0.2, 0) is 11.0 Å². The molecular formula is C13H16F3N3O2. The number of nitrogens with one attached hydrogen (secondary N) is 1. The summed E-state index contributed by atoms with van der Waals surface area (Å²) in [7, 11) is 0. The van der Waals surface area contributed by atoms with Gasteiger partial charge in [0.25, 0.3) is 0 Å². The van der Waals surface area contributed by atoms with E-state index in [1.807, 2.05) is 0 Å². The fraction of sp³-hybridized carbons (Fsp3) is 0.385. The predicted octanol–water partition coefficient (Wildman–Crippen LogP) is 2.72. The normalized spacial score (nSPS) is 13.1. The summed E-state index contributed by atoms with van der Waals surface area (Å²) < 4.78 is 38.4. The van der Waals surface area contributed by atoms with Crippen LogP contribution in [0.4, 0.5) is 18.9 Å². The molecule has 0 aliphatic heterocycles. The molecule has 0 atom stereocenters. The number of anilines is 1. The number of nitrogens with two attached hydrogens (primary N) is 1. The third-order valence-electron chi connectivity index (χ3n) is 3.12. The maximum atomic E-state index is 12.8. The number of nitrogens with zero attached hydrogens (tertiary/aromatic N) is 1. The Labute approximate surface area is 119 Å². The minimum atomic E-state index is -4.51. The number of oxime groups is 1. The van der Waals surface area contributed by atoms with Crippen molar-refractivity contribution in [1.82, 2.24) is 0 Å². The Hall–Kier alpha value is -2.25. The molecule has 0 aliphatic carbocycles. The van der Waals surface area contributed by atoms with Crippen LogP contribution >= 0.6 is 0 Å². The second kappa shape index (κ2) is 5.63. The lowest BCUT2D eigenvalue weighted by atomic mass is 9.91. The van der Waals surface area contributed by atoms with E-state index in [-0.39, 0.29) is 17.1 Å². The van der Waals surface area contributed by atoms with E-state index in [2.05, 4.69) is 10.5 Å². The summed E-state index contributed by atoms with van der Waals surface area (Å²) in [5.74, 6) is -1.03. The molecule has 5 nitrogen and oxygen atoms in total. The van der Waals surface area contributed by atoms with Crippen molar-refractivity contribution in [2.24, 2.45) is 16.3 Å². The molecule has 1 rings (SSSR count). The van der Waals surface area contributed by atoms with Gasteiger partial charge in [0.05, 0.1) is 5.56 Å². The summed E-state index contributed by atoms with van der Waals surface area (Å²) in [5.41, 5.74) is 3.23. The number of benzene rings is 1. The summed E-state index contributed by atoms with van der Waals surface area (Å²) in [6, 6.07) is 3.45. The zero-order valence-corrected chi connectivity index (χ0v) is 11.7. The molecule has 0 bridgehead atoms. The highest BCUT2D eigenvalue weighted by atomic mass is 19.4. The van der Waals surface area contributed by atoms with E-state index in [0.29, 0.717) is 0 Å². The van der Waals surface area contributed by atoms with Crippen LogP contribution in [0.15, 0.2) is 23.4 Å². The molecule has 0 fully saturated rings. The molecular weight excluding hydrogens is 287 g/mol. The molecule has 8 heteroatoms. The monoisotopic (exact) mass is 303 g/mol. The maximum Gasteiger partial charge on any atom is 0.416 e. The van der Waals surface area contributed by atoms with Crippen LogP contribution in [-0.4, -0.2) is 17.0 Å². The molecule has 0 unspecified atom stereocenters. The molecule has 1 amide bonds. The summed E-state index contributed by atoms with van der Waals surface area (Å²) in [6.07, 6.45) is -4.51. The van der Waals surface area contributed by atoms with Crippen molar-refractivity contribution in [3.63, 3.8) is 0 Å². The molecule has 0 saturated carbocycles. The minimum absolute atomic E-state index is 0.0169. The topological polar surface area (TPSA) is 87.7 Å². The number of amidine groups is 1. The van der Waals surface area contributed by atoms with Crippen molar-refractivity contribution < 1.29 is 23.2 Å². The summed E-state index contributed by atoms with van der Waals surface area (Å²) in [6.45, 7) is 4.10. The summed E-state index contributed by atoms with van der Waals surface area (Å²) in [4.78, 5) is 12.0. The average Bonchev–Trinajstić information content (AvgIpc) is 2.38. The highest BCUT2D eigenvalue weighted by molar-refractivity contribution is 6.11. The second-order valence-corrected chi connectivity index (χ2v) is 5.09. The van der Waals surface area contributed by atoms with Crippen LogP contribution in [0.3, 0.4) is 0 Å². The first-order valence-electron chi connectivity index (χ1n) is 5.97. The number of hydrogen-bond donors (Lipinski definition) is 3. The molecule has 0 saturated heterocycles. The van der Waals surface area contributed by atoms with E-state index in [4.69, 9.17) is 10.9 Å². The van der Waals surface area contributed by atoms with Crippen LogP contribution < -0.4 is 11.1 Å². The molecule has 0 radical (unpaired) electrons. The number of halogens is 3. The van der Waals surface area contributed by atoms with Crippen LogP contribution in [0, 0.1) is 12.3 Å². The van der Waals surface area contributed by atoms with Gasteiger partial charge in [0, 0.05) is 5.69 Å². The van der Waals surface area contributed by atoms with E-state index < -0.39 is 23.1 Å². The van der Waals surface area contributed by atoms with E-state index in [1.54, 1.807) is 0 Å². The maximum absolute atomic E-state index is 12.8. The lowest BCUT2D eigenvalue weighted by Gasteiger charge is -2.22. The van der Waals surface area contributed by atoms with Crippen molar-refractivity contribution in [1.29, 1.82) is 0 Å². The van der Waals surface area contributed by atoms with Crippen LogP contribution in [0.25, 0.3) is 0 Å². The third-order valence-corrected chi connectivity index (χ3v) is 3.12. The van der Waals surface area contributed by atoms with Gasteiger partial charge in [-0.25, -0.2) is 0 Å². The summed E-state index contributed by atoms with van der Waals surface area (Å²) >= 11 is 0. The number of hydrogen-bond acceptors (Lipinski definition) is 3. The Morgan fingerprint density at radius 1 is 1.33 bits per heavy atom. The molecule has 116 valence electrons. The molecule has 0 heterocycles. The zero-order chi connectivity index (χ0) is 16.4. The van der Waals surface area contributed by atoms with Crippen LogP contribution in [0.5, 0.6) is 0 Å². The fourth-order valence-electron chi connectivity index (χ4n) is 1.53. The number of amides is 1. The van der Waals surface area contributed by atoms with E-state index >= 15 is 0 Å². The average molecular weight is 303 g/mol. The van der Waals surface area contributed by atoms with Gasteiger partial charge in [-0.15, -0.1) is 0 Å². The van der Waals surface area contributed by atoms with E-state index in [1.165, 1.54) is 32.9 Å². The van der Waals surface area contributed by atoms with Gasteiger partial charge in [-0.3, -0.25) is 4.79 Å². The van der Waals surface area contributed by atoms with Crippen LogP contribution in [0.1, 0.15) is 25.0 Å². The van der Waals surface area contributed by atoms with Gasteiger partial charge in [0.2, 0.25) is 5.91 Å². The van der Waals surface area contributed by atoms with Crippen molar-refractivity contribution in [3.05, 3.63) is 29.3 Å². The second-order valence-electron chi connectivity index (χ2n) is 5.09. The zero-order valence-electron chi connectivity index (χ0n) is 11.7. The predicted molar refractivity (Wildman–Crippen MR) is 72.0 cm³/mol. The number of carbonyl (C=O) groups excluding carboxylic acids is 1. The molecule has 0 aromatic heterocycles. The molecule has 0 aliphatic rings. The lowest BCUT2D eigenvalue weighted by Crippen LogP contribution is -2.42. The Bertz CT molecular complexity index is 581. The fourth-order valence-corrected chi connectivity index (χ4v) is 1.53. The van der Waals surface area contributed by atoms with Gasteiger partial charge in [0.15, 0.2) is 5.84 Å².